The monoisotopic (exact) mass is 322 g/mol. The van der Waals surface area contributed by atoms with Crippen LogP contribution in [0.25, 0.3) is 11.1 Å². The van der Waals surface area contributed by atoms with Crippen molar-refractivity contribution in [2.75, 3.05) is 6.79 Å². The summed E-state index contributed by atoms with van der Waals surface area (Å²) in [7, 11) is -3.53. The van der Waals surface area contributed by atoms with Gasteiger partial charge in [-0.05, 0) is 31.5 Å². The second-order valence-electron chi connectivity index (χ2n) is 5.11. The van der Waals surface area contributed by atoms with E-state index in [2.05, 4.69) is 5.10 Å². The maximum absolute atomic E-state index is 12.1. The topological polar surface area (TPSA) is 87.5 Å². The van der Waals surface area contributed by atoms with E-state index >= 15 is 0 Å². The van der Waals surface area contributed by atoms with Crippen molar-refractivity contribution in [3.05, 3.63) is 30.1 Å². The molecule has 0 aliphatic carbocycles. The number of nitrogens with zero attached hydrogens (tertiary/aromatic N) is 2. The van der Waals surface area contributed by atoms with E-state index in [1.807, 2.05) is 0 Å². The predicted molar refractivity (Wildman–Crippen MR) is 78.6 cm³/mol. The zero-order valence-corrected chi connectivity index (χ0v) is 12.8. The lowest BCUT2D eigenvalue weighted by Gasteiger charge is -2.07. The van der Waals surface area contributed by atoms with E-state index in [4.69, 9.17) is 9.47 Å². The third kappa shape index (κ3) is 2.25. The highest BCUT2D eigenvalue weighted by Crippen LogP contribution is 2.38. The van der Waals surface area contributed by atoms with Gasteiger partial charge in [-0.15, -0.1) is 0 Å². The summed E-state index contributed by atoms with van der Waals surface area (Å²) in [6.45, 7) is 3.25. The highest BCUT2D eigenvalue weighted by atomic mass is 32.2. The first-order valence-corrected chi connectivity index (χ1v) is 8.12. The molecule has 0 N–H and O–H groups in total. The second kappa shape index (κ2) is 5.13. The molecule has 0 saturated heterocycles. The van der Waals surface area contributed by atoms with Gasteiger partial charge in [-0.2, -0.15) is 9.19 Å². The van der Waals surface area contributed by atoms with Gasteiger partial charge in [-0.3, -0.25) is 4.79 Å². The Kier molecular flexibility index (Phi) is 3.40. The van der Waals surface area contributed by atoms with Crippen molar-refractivity contribution in [1.82, 2.24) is 9.19 Å². The summed E-state index contributed by atoms with van der Waals surface area (Å²) < 4.78 is 35.6. The summed E-state index contributed by atoms with van der Waals surface area (Å²) in [5.41, 5.74) is 1.44. The number of carbonyl (C=O) groups is 1. The third-order valence-electron chi connectivity index (χ3n) is 3.40. The molecule has 2 heterocycles. The molecule has 0 fully saturated rings. The fourth-order valence-electron chi connectivity index (χ4n) is 2.10. The summed E-state index contributed by atoms with van der Waals surface area (Å²) in [6, 6.07) is 3.22. The smallest absolute Gasteiger partial charge is 0.256 e. The molecule has 7 nitrogen and oxygen atoms in total. The van der Waals surface area contributed by atoms with E-state index in [-0.39, 0.29) is 6.79 Å². The molecule has 1 aromatic carbocycles. The van der Waals surface area contributed by atoms with Crippen LogP contribution in [0.15, 0.2) is 24.5 Å². The van der Waals surface area contributed by atoms with E-state index in [9.17, 15) is 13.2 Å². The van der Waals surface area contributed by atoms with Crippen molar-refractivity contribution in [3.63, 3.8) is 0 Å². The van der Waals surface area contributed by atoms with Crippen LogP contribution in [0, 0.1) is 0 Å². The van der Waals surface area contributed by atoms with Crippen LogP contribution in [0.5, 0.6) is 11.5 Å². The van der Waals surface area contributed by atoms with Gasteiger partial charge in [0.2, 0.25) is 6.79 Å². The number of fused-ring (bicyclic) bond motifs is 1. The molecule has 8 heteroatoms. The maximum atomic E-state index is 12.1. The van der Waals surface area contributed by atoms with Crippen LogP contribution < -0.4 is 9.47 Å². The zero-order valence-electron chi connectivity index (χ0n) is 12.0. The molecule has 1 aliphatic rings. The summed E-state index contributed by atoms with van der Waals surface area (Å²) in [6.07, 6.45) is 3.48. The Morgan fingerprint density at radius 2 is 1.95 bits per heavy atom. The minimum absolute atomic E-state index is 0.0953. The van der Waals surface area contributed by atoms with Crippen molar-refractivity contribution < 1.29 is 22.7 Å². The van der Waals surface area contributed by atoms with Crippen LogP contribution in [-0.2, 0) is 10.0 Å². The molecule has 1 aromatic heterocycles. The summed E-state index contributed by atoms with van der Waals surface area (Å²) >= 11 is 0. The van der Waals surface area contributed by atoms with E-state index in [0.29, 0.717) is 34.5 Å². The average Bonchev–Trinajstić information content (AvgIpc) is 3.14. The average molecular weight is 322 g/mol. The lowest BCUT2D eigenvalue weighted by molar-refractivity contribution is 0.112. The first kappa shape index (κ1) is 14.6. The van der Waals surface area contributed by atoms with Crippen LogP contribution in [0.4, 0.5) is 0 Å². The van der Waals surface area contributed by atoms with Crippen molar-refractivity contribution >= 4 is 16.3 Å². The second-order valence-corrected chi connectivity index (χ2v) is 7.45. The first-order chi connectivity index (χ1) is 10.4. The molecule has 0 spiro atoms. The van der Waals surface area contributed by atoms with Gasteiger partial charge in [-0.1, -0.05) is 0 Å². The summed E-state index contributed by atoms with van der Waals surface area (Å²) in [5, 5.41) is 3.30. The standard InChI is InChI=1S/C14H14N2O5S/c1-9(2)22(18,19)16-6-11(5-15-16)12-4-14-13(20-8-21-14)3-10(12)7-17/h3-7,9H,8H2,1-2H3. The van der Waals surface area contributed by atoms with Crippen LogP contribution in [0.3, 0.4) is 0 Å². The molecule has 0 saturated carbocycles. The highest BCUT2D eigenvalue weighted by molar-refractivity contribution is 7.90. The Bertz CT molecular complexity index is 839. The molecule has 0 atom stereocenters. The van der Waals surface area contributed by atoms with Crippen LogP contribution >= 0.6 is 0 Å². The lowest BCUT2D eigenvalue weighted by Crippen LogP contribution is -2.22. The maximum Gasteiger partial charge on any atom is 0.256 e. The minimum atomic E-state index is -3.53. The van der Waals surface area contributed by atoms with Gasteiger partial charge in [0.25, 0.3) is 10.0 Å². The molecule has 22 heavy (non-hydrogen) atoms. The van der Waals surface area contributed by atoms with Crippen LogP contribution in [-0.4, -0.2) is 35.9 Å². The van der Waals surface area contributed by atoms with Gasteiger partial charge in [-0.25, -0.2) is 8.42 Å². The number of ether oxygens (including phenoxy) is 2. The molecular weight excluding hydrogens is 308 g/mol. The van der Waals surface area contributed by atoms with Crippen molar-refractivity contribution in [2.45, 2.75) is 19.1 Å². The van der Waals surface area contributed by atoms with Gasteiger partial charge < -0.3 is 9.47 Å². The highest BCUT2D eigenvalue weighted by Gasteiger charge is 2.22. The van der Waals surface area contributed by atoms with Crippen LogP contribution in [0.1, 0.15) is 24.2 Å². The number of aromatic nitrogens is 2. The van der Waals surface area contributed by atoms with Crippen molar-refractivity contribution in [3.8, 4) is 22.6 Å². The molecule has 0 radical (unpaired) electrons. The number of benzene rings is 1. The summed E-state index contributed by atoms with van der Waals surface area (Å²) in [4.78, 5) is 11.3. The largest absolute Gasteiger partial charge is 0.454 e. The quantitative estimate of drug-likeness (QED) is 0.796. The number of hydrogen-bond donors (Lipinski definition) is 0. The summed E-state index contributed by atoms with van der Waals surface area (Å²) in [5.74, 6) is 1.01. The van der Waals surface area contributed by atoms with E-state index in [1.54, 1.807) is 26.0 Å². The molecule has 2 aromatic rings. The lowest BCUT2D eigenvalue weighted by atomic mass is 10.0. The minimum Gasteiger partial charge on any atom is -0.454 e. The Balaban J connectivity index is 2.10. The van der Waals surface area contributed by atoms with Gasteiger partial charge in [0.1, 0.15) is 0 Å². The number of aldehydes is 1. The Morgan fingerprint density at radius 3 is 2.59 bits per heavy atom. The van der Waals surface area contributed by atoms with Gasteiger partial charge in [0.05, 0.1) is 17.6 Å². The van der Waals surface area contributed by atoms with E-state index < -0.39 is 15.3 Å². The van der Waals surface area contributed by atoms with Gasteiger partial charge in [0, 0.05) is 11.1 Å². The van der Waals surface area contributed by atoms with Crippen molar-refractivity contribution in [1.29, 1.82) is 0 Å². The molecule has 0 unspecified atom stereocenters. The van der Waals surface area contributed by atoms with Crippen LogP contribution in [0.2, 0.25) is 0 Å². The zero-order chi connectivity index (χ0) is 15.9. The molecule has 0 bridgehead atoms. The Morgan fingerprint density at radius 1 is 1.27 bits per heavy atom. The van der Waals surface area contributed by atoms with E-state index in [0.717, 1.165) is 4.09 Å². The molecule has 0 amide bonds. The SMILES string of the molecule is CC(C)S(=O)(=O)n1cc(-c2cc3c(cc2C=O)OCO3)cn1. The molecular formula is C14H14N2O5S. The predicted octanol–water partition coefficient (Wildman–Crippen LogP) is 1.68. The number of rotatable bonds is 4. The van der Waals surface area contributed by atoms with Gasteiger partial charge >= 0.3 is 0 Å². The fourth-order valence-corrected chi connectivity index (χ4v) is 2.98. The first-order valence-electron chi connectivity index (χ1n) is 6.61. The van der Waals surface area contributed by atoms with E-state index in [1.165, 1.54) is 12.4 Å². The fraction of sp³-hybridized carbons (Fsp3) is 0.286. The van der Waals surface area contributed by atoms with Crippen molar-refractivity contribution in [2.24, 2.45) is 0 Å². The third-order valence-corrected chi connectivity index (χ3v) is 5.31. The van der Waals surface area contributed by atoms with Gasteiger partial charge in [0.15, 0.2) is 17.8 Å². The number of hydrogen-bond acceptors (Lipinski definition) is 6. The molecule has 1 aliphatic heterocycles. The molecule has 116 valence electrons. The Labute approximate surface area is 127 Å². The normalized spacial score (nSPS) is 13.6. The molecule has 3 rings (SSSR count). The number of carbonyl (C=O) groups excluding carboxylic acids is 1. The Hall–Kier alpha value is -2.35.